The number of hydrogen-bond acceptors (Lipinski definition) is 7. The van der Waals surface area contributed by atoms with Crippen LogP contribution < -0.4 is 10.5 Å². The Morgan fingerprint density at radius 1 is 1.06 bits per heavy atom. The van der Waals surface area contributed by atoms with Gasteiger partial charge in [0.1, 0.15) is 11.2 Å². The zero-order valence-corrected chi connectivity index (χ0v) is 21.2. The van der Waals surface area contributed by atoms with Gasteiger partial charge in [0.05, 0.1) is 24.7 Å². The molecular formula is C25H37N3O5. The first-order valence-corrected chi connectivity index (χ1v) is 10.8. The molecule has 8 heteroatoms. The SMILES string of the molecule is CC/C=C/C(=C\N=C(C)c1cccc(N)c1OC)N(C(=O)OC(C)(C)C)C(=O)OC(C)(C)C. The summed E-state index contributed by atoms with van der Waals surface area (Å²) in [5.74, 6) is 0.494. The van der Waals surface area contributed by atoms with Gasteiger partial charge in [0.15, 0.2) is 5.75 Å². The lowest BCUT2D eigenvalue weighted by atomic mass is 10.1. The summed E-state index contributed by atoms with van der Waals surface area (Å²) in [5.41, 5.74) is 6.31. The van der Waals surface area contributed by atoms with Crippen LogP contribution >= 0.6 is 0 Å². The highest BCUT2D eigenvalue weighted by atomic mass is 16.6. The Kier molecular flexibility index (Phi) is 9.70. The number of carbonyl (C=O) groups excluding carboxylic acids is 2. The van der Waals surface area contributed by atoms with E-state index in [0.29, 0.717) is 29.1 Å². The Bertz CT molecular complexity index is 906. The van der Waals surface area contributed by atoms with Crippen molar-refractivity contribution < 1.29 is 23.8 Å². The molecule has 0 saturated carbocycles. The third-order valence-corrected chi connectivity index (χ3v) is 3.96. The molecule has 2 N–H and O–H groups in total. The first kappa shape index (κ1) is 27.7. The highest BCUT2D eigenvalue weighted by molar-refractivity contribution is 6.03. The molecule has 0 aromatic heterocycles. The fourth-order valence-electron chi connectivity index (χ4n) is 2.61. The van der Waals surface area contributed by atoms with Crippen LogP contribution in [0.1, 0.15) is 67.4 Å². The second-order valence-electron chi connectivity index (χ2n) is 9.30. The number of aliphatic imine (C=N–C) groups is 1. The van der Waals surface area contributed by atoms with Crippen molar-refractivity contribution in [1.82, 2.24) is 4.90 Å². The average Bonchev–Trinajstić information content (AvgIpc) is 2.66. The largest absolute Gasteiger partial charge is 0.494 e. The maximum Gasteiger partial charge on any atom is 0.424 e. The average molecular weight is 460 g/mol. The predicted octanol–water partition coefficient (Wildman–Crippen LogP) is 6.07. The van der Waals surface area contributed by atoms with Crippen LogP contribution in [0.2, 0.25) is 0 Å². The number of carbonyl (C=O) groups is 2. The van der Waals surface area contributed by atoms with Crippen LogP contribution in [-0.4, -0.2) is 41.1 Å². The van der Waals surface area contributed by atoms with E-state index < -0.39 is 23.4 Å². The summed E-state index contributed by atoms with van der Waals surface area (Å²) in [6, 6.07) is 5.35. The number of ether oxygens (including phenoxy) is 3. The van der Waals surface area contributed by atoms with E-state index in [1.807, 2.05) is 13.0 Å². The lowest BCUT2D eigenvalue weighted by Crippen LogP contribution is -2.42. The van der Waals surface area contributed by atoms with Crippen molar-refractivity contribution in [1.29, 1.82) is 0 Å². The molecule has 0 saturated heterocycles. The van der Waals surface area contributed by atoms with Crippen LogP contribution in [0.4, 0.5) is 15.3 Å². The molecular weight excluding hydrogens is 422 g/mol. The summed E-state index contributed by atoms with van der Waals surface area (Å²) in [4.78, 5) is 31.3. The molecule has 0 aliphatic rings. The third kappa shape index (κ3) is 9.00. The second kappa shape index (κ2) is 11.5. The molecule has 0 radical (unpaired) electrons. The summed E-state index contributed by atoms with van der Waals surface area (Å²) in [5, 5.41) is 0. The molecule has 33 heavy (non-hydrogen) atoms. The smallest absolute Gasteiger partial charge is 0.424 e. The molecule has 1 aromatic rings. The Labute approximate surface area is 197 Å². The van der Waals surface area contributed by atoms with E-state index in [1.165, 1.54) is 13.3 Å². The molecule has 0 aliphatic carbocycles. The normalized spacial score (nSPS) is 13.1. The lowest BCUT2D eigenvalue weighted by Gasteiger charge is -2.28. The van der Waals surface area contributed by atoms with Gasteiger partial charge in [-0.2, -0.15) is 4.90 Å². The van der Waals surface area contributed by atoms with Gasteiger partial charge in [-0.3, -0.25) is 4.99 Å². The van der Waals surface area contributed by atoms with Crippen LogP contribution in [0.25, 0.3) is 0 Å². The Balaban J connectivity index is 3.57. The Morgan fingerprint density at radius 3 is 2.06 bits per heavy atom. The van der Waals surface area contributed by atoms with Gasteiger partial charge in [-0.15, -0.1) is 0 Å². The topological polar surface area (TPSA) is 103 Å². The number of nitrogen functional groups attached to an aromatic ring is 1. The minimum Gasteiger partial charge on any atom is -0.494 e. The zero-order valence-electron chi connectivity index (χ0n) is 21.2. The first-order chi connectivity index (χ1) is 15.2. The number of para-hydroxylation sites is 1. The van der Waals surface area contributed by atoms with Gasteiger partial charge in [0.25, 0.3) is 0 Å². The van der Waals surface area contributed by atoms with E-state index >= 15 is 0 Å². The van der Waals surface area contributed by atoms with Gasteiger partial charge in [-0.1, -0.05) is 19.1 Å². The molecule has 0 aliphatic heterocycles. The summed E-state index contributed by atoms with van der Waals surface area (Å²) >= 11 is 0. The van der Waals surface area contributed by atoms with E-state index in [1.54, 1.807) is 72.8 Å². The van der Waals surface area contributed by atoms with Crippen molar-refractivity contribution in [2.24, 2.45) is 4.99 Å². The number of amides is 2. The number of nitrogens with zero attached hydrogens (tertiary/aromatic N) is 2. The Morgan fingerprint density at radius 2 is 1.61 bits per heavy atom. The van der Waals surface area contributed by atoms with Crippen molar-refractivity contribution in [3.63, 3.8) is 0 Å². The van der Waals surface area contributed by atoms with Crippen molar-refractivity contribution in [2.75, 3.05) is 12.8 Å². The lowest BCUT2D eigenvalue weighted by molar-refractivity contribution is 0.00897. The molecule has 182 valence electrons. The number of benzene rings is 1. The molecule has 1 aromatic carbocycles. The minimum absolute atomic E-state index is 0.197. The monoisotopic (exact) mass is 459 g/mol. The van der Waals surface area contributed by atoms with Gasteiger partial charge in [0.2, 0.25) is 0 Å². The molecule has 0 atom stereocenters. The van der Waals surface area contributed by atoms with Gasteiger partial charge in [0, 0.05) is 11.3 Å². The molecule has 0 heterocycles. The van der Waals surface area contributed by atoms with Crippen molar-refractivity contribution in [2.45, 2.75) is 73.0 Å². The van der Waals surface area contributed by atoms with Gasteiger partial charge < -0.3 is 19.9 Å². The van der Waals surface area contributed by atoms with Gasteiger partial charge >= 0.3 is 12.2 Å². The van der Waals surface area contributed by atoms with E-state index in [9.17, 15) is 9.59 Å². The third-order valence-electron chi connectivity index (χ3n) is 3.96. The zero-order chi connectivity index (χ0) is 25.4. The van der Waals surface area contributed by atoms with E-state index in [-0.39, 0.29) is 5.70 Å². The second-order valence-corrected chi connectivity index (χ2v) is 9.30. The number of rotatable bonds is 6. The van der Waals surface area contributed by atoms with Crippen LogP contribution in [0.3, 0.4) is 0 Å². The van der Waals surface area contributed by atoms with Crippen molar-refractivity contribution >= 4 is 23.6 Å². The number of imide groups is 1. The van der Waals surface area contributed by atoms with E-state index in [0.717, 1.165) is 4.90 Å². The minimum atomic E-state index is -0.863. The molecule has 0 unspecified atom stereocenters. The van der Waals surface area contributed by atoms with Crippen LogP contribution in [0.5, 0.6) is 5.75 Å². The molecule has 0 bridgehead atoms. The van der Waals surface area contributed by atoms with Crippen molar-refractivity contribution in [3.05, 3.63) is 47.8 Å². The molecule has 0 fully saturated rings. The quantitative estimate of drug-likeness (QED) is 0.315. The molecule has 0 spiro atoms. The summed E-state index contributed by atoms with van der Waals surface area (Å²) in [6.45, 7) is 14.0. The number of nitrogens with two attached hydrogens (primary N) is 1. The first-order valence-electron chi connectivity index (χ1n) is 10.8. The summed E-state index contributed by atoms with van der Waals surface area (Å²) < 4.78 is 16.3. The maximum absolute atomic E-state index is 13.0. The number of methoxy groups -OCH3 is 1. The van der Waals surface area contributed by atoms with Crippen LogP contribution in [-0.2, 0) is 9.47 Å². The van der Waals surface area contributed by atoms with E-state index in [4.69, 9.17) is 19.9 Å². The standard InChI is InChI=1S/C25H37N3O5/c1-10-11-13-18(16-27-17(2)19-14-12-15-20(26)21(19)31-9)28(22(29)32-24(3,4)5)23(30)33-25(6,7)8/h11-16H,10,26H2,1-9H3/b13-11+,18-16+,27-17?. The summed E-state index contributed by atoms with van der Waals surface area (Å²) in [7, 11) is 1.53. The van der Waals surface area contributed by atoms with Gasteiger partial charge in [-0.05, 0) is 73.1 Å². The van der Waals surface area contributed by atoms with E-state index in [2.05, 4.69) is 4.99 Å². The van der Waals surface area contributed by atoms with Crippen LogP contribution in [0.15, 0.2) is 47.2 Å². The molecule has 2 amide bonds. The maximum atomic E-state index is 13.0. The fraction of sp³-hybridized carbons (Fsp3) is 0.480. The molecule has 8 nitrogen and oxygen atoms in total. The number of hydrogen-bond donors (Lipinski definition) is 1. The predicted molar refractivity (Wildman–Crippen MR) is 131 cm³/mol. The highest BCUT2D eigenvalue weighted by Gasteiger charge is 2.33. The number of allylic oxidation sites excluding steroid dienone is 2. The van der Waals surface area contributed by atoms with Crippen LogP contribution in [0, 0.1) is 0 Å². The fourth-order valence-corrected chi connectivity index (χ4v) is 2.61. The summed E-state index contributed by atoms with van der Waals surface area (Å²) in [6.07, 6.45) is 3.80. The highest BCUT2D eigenvalue weighted by Crippen LogP contribution is 2.27. The molecule has 1 rings (SSSR count). The van der Waals surface area contributed by atoms with Crippen molar-refractivity contribution in [3.8, 4) is 5.75 Å². The van der Waals surface area contributed by atoms with Gasteiger partial charge in [-0.25, -0.2) is 9.59 Å². The number of anilines is 1. The Hall–Kier alpha value is -3.29.